The van der Waals surface area contributed by atoms with Crippen molar-refractivity contribution in [2.75, 3.05) is 26.8 Å². The third kappa shape index (κ3) is 5.88. The van der Waals surface area contributed by atoms with E-state index in [0.717, 1.165) is 12.1 Å². The van der Waals surface area contributed by atoms with Crippen molar-refractivity contribution in [3.63, 3.8) is 0 Å². The van der Waals surface area contributed by atoms with Crippen molar-refractivity contribution in [3.8, 4) is 0 Å². The fraction of sp³-hybridized carbons (Fsp3) is 0.576. The van der Waals surface area contributed by atoms with Crippen molar-refractivity contribution in [1.82, 2.24) is 4.90 Å². The number of amides is 1. The molecule has 2 aromatic carbocycles. The van der Waals surface area contributed by atoms with Crippen LogP contribution in [-0.2, 0) is 39.3 Å². The summed E-state index contributed by atoms with van der Waals surface area (Å²) < 4.78 is 134. The highest BCUT2D eigenvalue weighted by Crippen LogP contribution is 2.54. The maximum absolute atomic E-state index is 14.9. The first-order chi connectivity index (χ1) is 22.2. The summed E-state index contributed by atoms with van der Waals surface area (Å²) in [5.74, 6) is -1.80. The quantitative estimate of drug-likeness (QED) is 0.234. The molecule has 2 unspecified atom stereocenters. The van der Waals surface area contributed by atoms with Gasteiger partial charge >= 0.3 is 24.0 Å². The van der Waals surface area contributed by atoms with Crippen molar-refractivity contribution in [1.29, 1.82) is 0 Å². The summed E-state index contributed by atoms with van der Waals surface area (Å²) in [6, 6.07) is 8.23. The first-order valence-corrected chi connectivity index (χ1v) is 17.0. The number of likely N-dealkylation sites (tertiary alicyclic amines) is 1. The summed E-state index contributed by atoms with van der Waals surface area (Å²) in [4.78, 5) is 26.9. The van der Waals surface area contributed by atoms with Crippen LogP contribution in [0.1, 0.15) is 68.6 Å². The number of hydrogen-bond donors (Lipinski definition) is 0. The van der Waals surface area contributed by atoms with Gasteiger partial charge in [0.15, 0.2) is 9.84 Å². The molecule has 2 heterocycles. The Morgan fingerprint density at radius 3 is 1.98 bits per heavy atom. The predicted octanol–water partition coefficient (Wildman–Crippen LogP) is 6.75. The molecule has 5 rings (SSSR count). The number of hydrogen-bond acceptors (Lipinski definition) is 6. The zero-order chi connectivity index (χ0) is 35.5. The first kappa shape index (κ1) is 36.1. The van der Waals surface area contributed by atoms with Gasteiger partial charge in [0.05, 0.1) is 30.1 Å². The van der Waals surface area contributed by atoms with Gasteiger partial charge in [0, 0.05) is 30.5 Å². The molecule has 1 amide bonds. The van der Waals surface area contributed by atoms with Crippen molar-refractivity contribution in [2.45, 2.75) is 85.1 Å². The lowest BCUT2D eigenvalue weighted by molar-refractivity contribution is -0.348. The second kappa shape index (κ2) is 12.3. The monoisotopic (exact) mass is 707 g/mol. The van der Waals surface area contributed by atoms with E-state index in [4.69, 9.17) is 9.47 Å². The number of carbonyl (C=O) groups excluding carboxylic acids is 2. The van der Waals surface area contributed by atoms with Crippen LogP contribution in [0.25, 0.3) is 0 Å². The van der Waals surface area contributed by atoms with Gasteiger partial charge in [0.2, 0.25) is 5.91 Å². The summed E-state index contributed by atoms with van der Waals surface area (Å²) >= 11 is 0. The van der Waals surface area contributed by atoms with Crippen LogP contribution in [0.3, 0.4) is 0 Å². The molecule has 7 nitrogen and oxygen atoms in total. The van der Waals surface area contributed by atoms with Gasteiger partial charge in [-0.05, 0) is 69.2 Å². The molecule has 0 spiro atoms. The van der Waals surface area contributed by atoms with E-state index in [0.29, 0.717) is 50.0 Å². The number of rotatable bonds is 7. The van der Waals surface area contributed by atoms with Gasteiger partial charge < -0.3 is 14.4 Å². The summed E-state index contributed by atoms with van der Waals surface area (Å²) in [6.07, 6.45) is -11.5. The molecule has 1 aliphatic carbocycles. The van der Waals surface area contributed by atoms with Crippen LogP contribution in [0.5, 0.6) is 0 Å². The van der Waals surface area contributed by atoms with E-state index in [1.54, 1.807) is 6.07 Å². The molecule has 1 saturated carbocycles. The van der Waals surface area contributed by atoms with Gasteiger partial charge in [-0.25, -0.2) is 12.8 Å². The molecule has 3 aliphatic rings. The van der Waals surface area contributed by atoms with E-state index >= 15 is 0 Å². The predicted molar refractivity (Wildman–Crippen MR) is 158 cm³/mol. The summed E-state index contributed by atoms with van der Waals surface area (Å²) in [7, 11) is -3.22. The Bertz CT molecular complexity index is 1640. The SMILES string of the molecule is COC(=O)C1CCC(C(=O)N2CCC(c3ccc(C(F)(C(F)(F)F)C(F)(F)F)cc3)(S(=O)(=O)c3cccc(C4COC4(C)C)c3)C2)CC1. The number of carbonyl (C=O) groups is 2. The number of esters is 1. The molecule has 0 aromatic heterocycles. The zero-order valence-electron chi connectivity index (χ0n) is 26.5. The van der Waals surface area contributed by atoms with Gasteiger partial charge in [0.25, 0.3) is 0 Å². The molecule has 0 bridgehead atoms. The standard InChI is InChI=1S/C33H36F7NO6S/c1-29(2)26(18-47-29)22-5-4-6-25(17-22)48(44,45)30(23-11-13-24(14-12-23)31(34,32(35,36)37)33(38,39)40)15-16-41(19-30)27(42)20-7-9-21(10-8-20)28(43)46-3/h4-6,11-14,17,20-21,26H,7-10,15-16,18-19H2,1-3H3. The van der Waals surface area contributed by atoms with Crippen molar-refractivity contribution >= 4 is 21.7 Å². The van der Waals surface area contributed by atoms with E-state index in [-0.39, 0.29) is 47.1 Å². The number of halogens is 7. The van der Waals surface area contributed by atoms with Gasteiger partial charge in [-0.3, -0.25) is 9.59 Å². The molecule has 0 radical (unpaired) electrons. The molecular weight excluding hydrogens is 671 g/mol. The molecule has 2 atom stereocenters. The Labute approximate surface area is 273 Å². The first-order valence-electron chi connectivity index (χ1n) is 15.5. The summed E-state index contributed by atoms with van der Waals surface area (Å²) in [6.45, 7) is 3.52. The fourth-order valence-corrected chi connectivity index (χ4v) is 9.33. The van der Waals surface area contributed by atoms with Crippen LogP contribution < -0.4 is 0 Å². The number of nitrogens with zero attached hydrogens (tertiary/aromatic N) is 1. The second-order valence-electron chi connectivity index (χ2n) is 13.4. The lowest BCUT2D eigenvalue weighted by Gasteiger charge is -2.45. The topological polar surface area (TPSA) is 90.0 Å². The Morgan fingerprint density at radius 2 is 1.48 bits per heavy atom. The molecule has 2 saturated heterocycles. The number of sulfone groups is 1. The fourth-order valence-electron chi connectivity index (χ4n) is 7.19. The van der Waals surface area contributed by atoms with Crippen LogP contribution in [0.2, 0.25) is 0 Å². The average molecular weight is 708 g/mol. The summed E-state index contributed by atoms with van der Waals surface area (Å²) in [5, 5.41) is 0. The molecule has 0 N–H and O–H groups in total. The van der Waals surface area contributed by atoms with Crippen LogP contribution >= 0.6 is 0 Å². The Morgan fingerprint density at radius 1 is 0.896 bits per heavy atom. The van der Waals surface area contributed by atoms with Crippen molar-refractivity contribution in [3.05, 3.63) is 65.2 Å². The van der Waals surface area contributed by atoms with Gasteiger partial charge in [-0.15, -0.1) is 0 Å². The minimum Gasteiger partial charge on any atom is -0.469 e. The summed E-state index contributed by atoms with van der Waals surface area (Å²) in [5.41, 5.74) is -7.54. The Balaban J connectivity index is 1.54. The second-order valence-corrected chi connectivity index (χ2v) is 15.6. The highest BCUT2D eigenvalue weighted by atomic mass is 32.2. The van der Waals surface area contributed by atoms with E-state index < -0.39 is 56.2 Å². The highest BCUT2D eigenvalue weighted by molar-refractivity contribution is 7.92. The smallest absolute Gasteiger partial charge is 0.435 e. The molecular formula is C33H36F7NO6S. The Hall–Kier alpha value is -3.20. The molecule has 3 fully saturated rings. The number of benzene rings is 2. The normalized spacial score (nSPS) is 26.5. The lowest BCUT2D eigenvalue weighted by Crippen LogP contribution is -2.50. The molecule has 2 aromatic rings. The number of alkyl halides is 7. The van der Waals surface area contributed by atoms with E-state index in [1.807, 2.05) is 13.8 Å². The lowest BCUT2D eigenvalue weighted by atomic mass is 9.81. The average Bonchev–Trinajstić information content (AvgIpc) is 3.50. The van der Waals surface area contributed by atoms with Gasteiger partial charge in [0.1, 0.15) is 4.75 Å². The largest absolute Gasteiger partial charge is 0.469 e. The molecule has 15 heteroatoms. The third-order valence-electron chi connectivity index (χ3n) is 10.3. The van der Waals surface area contributed by atoms with E-state index in [2.05, 4.69) is 0 Å². The number of ether oxygens (including phenoxy) is 2. The van der Waals surface area contributed by atoms with Gasteiger partial charge in [-0.1, -0.05) is 36.4 Å². The number of methoxy groups -OCH3 is 1. The van der Waals surface area contributed by atoms with Crippen LogP contribution in [0.15, 0.2) is 53.4 Å². The van der Waals surface area contributed by atoms with Crippen LogP contribution in [-0.4, -0.2) is 70.0 Å². The highest BCUT2D eigenvalue weighted by Gasteiger charge is 2.73. The molecule has 264 valence electrons. The molecule has 48 heavy (non-hydrogen) atoms. The van der Waals surface area contributed by atoms with Crippen LogP contribution in [0.4, 0.5) is 30.7 Å². The minimum atomic E-state index is -6.35. The van der Waals surface area contributed by atoms with E-state index in [9.17, 15) is 48.7 Å². The zero-order valence-corrected chi connectivity index (χ0v) is 27.3. The molecule has 2 aliphatic heterocycles. The minimum absolute atomic E-state index is 0.0713. The van der Waals surface area contributed by atoms with Crippen molar-refractivity contribution in [2.24, 2.45) is 11.8 Å². The Kier molecular flexibility index (Phi) is 9.24. The third-order valence-corrected chi connectivity index (χ3v) is 12.8. The van der Waals surface area contributed by atoms with E-state index in [1.165, 1.54) is 30.2 Å². The van der Waals surface area contributed by atoms with Crippen molar-refractivity contribution < 1.29 is 58.2 Å². The maximum atomic E-state index is 14.9. The van der Waals surface area contributed by atoms with Gasteiger partial charge in [-0.2, -0.15) is 26.3 Å². The maximum Gasteiger partial charge on any atom is 0.435 e. The van der Waals surface area contributed by atoms with Crippen LogP contribution in [0, 0.1) is 11.8 Å².